The lowest BCUT2D eigenvalue weighted by Gasteiger charge is -2.20. The van der Waals surface area contributed by atoms with E-state index in [9.17, 15) is 22.8 Å². The molecule has 1 amide bonds. The second-order valence-electron chi connectivity index (χ2n) is 6.08. The normalized spacial score (nSPS) is 12.1. The van der Waals surface area contributed by atoms with Gasteiger partial charge >= 0.3 is 18.2 Å². The zero-order valence-corrected chi connectivity index (χ0v) is 13.9. The van der Waals surface area contributed by atoms with Gasteiger partial charge in [0.2, 0.25) is 5.82 Å². The van der Waals surface area contributed by atoms with E-state index in [0.29, 0.717) is 0 Å². The Labute approximate surface area is 140 Å². The van der Waals surface area contributed by atoms with Crippen LogP contribution in [0.3, 0.4) is 0 Å². The van der Waals surface area contributed by atoms with Gasteiger partial charge in [-0.05, 0) is 32.9 Å². The third-order valence-electron chi connectivity index (χ3n) is 2.95. The van der Waals surface area contributed by atoms with Gasteiger partial charge in [-0.25, -0.2) is 14.6 Å². The molecule has 1 aromatic heterocycles. The summed E-state index contributed by atoms with van der Waals surface area (Å²) < 4.78 is 48.2. The number of carbonyl (C=O) groups is 2. The monoisotopic (exact) mass is 359 g/mol. The van der Waals surface area contributed by atoms with Gasteiger partial charge in [0.25, 0.3) is 0 Å². The smallest absolute Gasteiger partial charge is 0.449 e. The summed E-state index contributed by atoms with van der Waals surface area (Å²) in [6.07, 6.45) is -5.59. The quantitative estimate of drug-likeness (QED) is 0.797. The van der Waals surface area contributed by atoms with E-state index in [1.165, 1.54) is 12.1 Å². The number of hydrogen-bond donors (Lipinski definition) is 2. The second kappa shape index (κ2) is 6.26. The van der Waals surface area contributed by atoms with Crippen molar-refractivity contribution in [2.24, 2.45) is 0 Å². The maximum atomic E-state index is 12.8. The van der Waals surface area contributed by atoms with Crippen LogP contribution >= 0.6 is 0 Å². The number of methoxy groups -OCH3 is 1. The highest BCUT2D eigenvalue weighted by atomic mass is 19.4. The van der Waals surface area contributed by atoms with E-state index in [1.54, 1.807) is 20.8 Å². The summed E-state index contributed by atoms with van der Waals surface area (Å²) >= 11 is 0. The molecule has 2 rings (SSSR count). The topological polar surface area (TPSA) is 93.3 Å². The summed E-state index contributed by atoms with van der Waals surface area (Å²) in [7, 11) is 1.07. The second-order valence-corrected chi connectivity index (χ2v) is 6.08. The lowest BCUT2D eigenvalue weighted by molar-refractivity contribution is -0.144. The van der Waals surface area contributed by atoms with Gasteiger partial charge < -0.3 is 14.5 Å². The first-order valence-corrected chi connectivity index (χ1v) is 7.10. The van der Waals surface area contributed by atoms with E-state index >= 15 is 0 Å². The fourth-order valence-electron chi connectivity index (χ4n) is 2.04. The molecule has 2 N–H and O–H groups in total. The summed E-state index contributed by atoms with van der Waals surface area (Å²) in [6.45, 7) is 4.92. The average Bonchev–Trinajstić information content (AvgIpc) is 2.88. The van der Waals surface area contributed by atoms with Crippen molar-refractivity contribution in [1.29, 1.82) is 0 Å². The first-order chi connectivity index (χ1) is 11.4. The molecule has 2 aromatic rings. The van der Waals surface area contributed by atoms with Crippen LogP contribution in [0.1, 0.15) is 37.0 Å². The maximum Gasteiger partial charge on any atom is 0.449 e. The fourth-order valence-corrected chi connectivity index (χ4v) is 2.04. The molecule has 25 heavy (non-hydrogen) atoms. The number of aromatic nitrogens is 2. The number of ether oxygens (including phenoxy) is 2. The molecule has 0 saturated heterocycles. The largest absolute Gasteiger partial charge is 0.465 e. The number of alkyl halides is 3. The Morgan fingerprint density at radius 1 is 1.20 bits per heavy atom. The van der Waals surface area contributed by atoms with Crippen molar-refractivity contribution in [2.75, 3.05) is 12.4 Å². The number of benzene rings is 1. The van der Waals surface area contributed by atoms with Gasteiger partial charge in [0, 0.05) is 0 Å². The van der Waals surface area contributed by atoms with Crippen molar-refractivity contribution < 1.29 is 32.2 Å². The molecule has 0 aliphatic heterocycles. The summed E-state index contributed by atoms with van der Waals surface area (Å²) in [4.78, 5) is 29.4. The number of imidazole rings is 1. The third-order valence-corrected chi connectivity index (χ3v) is 2.95. The van der Waals surface area contributed by atoms with Crippen molar-refractivity contribution in [3.05, 3.63) is 23.5 Å². The van der Waals surface area contributed by atoms with Crippen LogP contribution in [-0.4, -0.2) is 34.7 Å². The minimum atomic E-state index is -4.72. The molecule has 0 aliphatic rings. The molecule has 0 atom stereocenters. The van der Waals surface area contributed by atoms with Crippen LogP contribution in [-0.2, 0) is 15.7 Å². The number of anilines is 1. The van der Waals surface area contributed by atoms with Crippen molar-refractivity contribution in [1.82, 2.24) is 9.97 Å². The molecule has 1 heterocycles. The summed E-state index contributed by atoms with van der Waals surface area (Å²) in [5.41, 5.74) is -1.44. The van der Waals surface area contributed by atoms with E-state index in [4.69, 9.17) is 4.74 Å². The number of halogens is 3. The minimum absolute atomic E-state index is 0.0639. The van der Waals surface area contributed by atoms with Crippen LogP contribution in [0.5, 0.6) is 0 Å². The zero-order chi connectivity index (χ0) is 19.0. The van der Waals surface area contributed by atoms with Gasteiger partial charge in [-0.3, -0.25) is 5.32 Å². The average molecular weight is 359 g/mol. The molecule has 0 radical (unpaired) electrons. The first-order valence-electron chi connectivity index (χ1n) is 7.10. The van der Waals surface area contributed by atoms with Crippen molar-refractivity contribution >= 4 is 28.8 Å². The highest BCUT2D eigenvalue weighted by Crippen LogP contribution is 2.32. The van der Waals surface area contributed by atoms with Crippen molar-refractivity contribution in [3.8, 4) is 0 Å². The molecular weight excluding hydrogens is 343 g/mol. The van der Waals surface area contributed by atoms with Gasteiger partial charge in [-0.2, -0.15) is 13.2 Å². The Balaban J connectivity index is 2.53. The fraction of sp³-hybridized carbons (Fsp3) is 0.400. The van der Waals surface area contributed by atoms with Gasteiger partial charge in [0.15, 0.2) is 0 Å². The molecule has 0 aliphatic carbocycles. The number of hydrogen-bond acceptors (Lipinski definition) is 5. The highest BCUT2D eigenvalue weighted by Gasteiger charge is 2.36. The number of fused-ring (bicyclic) bond motifs is 1. The number of rotatable bonds is 2. The molecule has 1 aromatic carbocycles. The summed E-state index contributed by atoms with van der Waals surface area (Å²) in [6, 6.07) is 2.49. The van der Waals surface area contributed by atoms with E-state index in [2.05, 4.69) is 20.0 Å². The summed E-state index contributed by atoms with van der Waals surface area (Å²) in [5, 5.41) is 2.33. The Kier molecular flexibility index (Phi) is 4.65. The van der Waals surface area contributed by atoms with E-state index in [1.807, 2.05) is 0 Å². The predicted molar refractivity (Wildman–Crippen MR) is 82.3 cm³/mol. The number of H-pyrrole nitrogens is 1. The third kappa shape index (κ3) is 4.20. The van der Waals surface area contributed by atoms with Gasteiger partial charge in [0.05, 0.1) is 23.8 Å². The molecule has 0 saturated carbocycles. The number of aromatic amines is 1. The Morgan fingerprint density at radius 2 is 1.84 bits per heavy atom. The van der Waals surface area contributed by atoms with Crippen LogP contribution in [0.15, 0.2) is 12.1 Å². The van der Waals surface area contributed by atoms with Crippen molar-refractivity contribution in [3.63, 3.8) is 0 Å². The van der Waals surface area contributed by atoms with Crippen LogP contribution in [0, 0.1) is 0 Å². The Hall–Kier alpha value is -2.78. The Bertz CT molecular complexity index is 822. The molecule has 136 valence electrons. The lowest BCUT2D eigenvalue weighted by atomic mass is 10.1. The molecule has 0 unspecified atom stereocenters. The van der Waals surface area contributed by atoms with E-state index in [0.717, 1.165) is 7.11 Å². The van der Waals surface area contributed by atoms with Crippen LogP contribution < -0.4 is 5.32 Å². The molecular formula is C15H16F3N3O4. The number of carbonyl (C=O) groups excluding carboxylic acids is 2. The molecule has 10 heteroatoms. The number of esters is 1. The first kappa shape index (κ1) is 18.6. The molecule has 0 spiro atoms. The van der Waals surface area contributed by atoms with E-state index < -0.39 is 29.7 Å². The van der Waals surface area contributed by atoms with E-state index in [-0.39, 0.29) is 22.3 Å². The molecule has 0 bridgehead atoms. The predicted octanol–water partition coefficient (Wildman–Crippen LogP) is 3.72. The number of amides is 1. The minimum Gasteiger partial charge on any atom is -0.465 e. The zero-order valence-electron chi connectivity index (χ0n) is 13.9. The lowest BCUT2D eigenvalue weighted by Crippen LogP contribution is -2.27. The summed E-state index contributed by atoms with van der Waals surface area (Å²) in [5.74, 6) is -2.20. The van der Waals surface area contributed by atoms with Crippen molar-refractivity contribution in [2.45, 2.75) is 32.5 Å². The number of nitrogens with one attached hydrogen (secondary N) is 2. The van der Waals surface area contributed by atoms with Crippen LogP contribution in [0.25, 0.3) is 11.0 Å². The van der Waals surface area contributed by atoms with Gasteiger partial charge in [-0.1, -0.05) is 0 Å². The Morgan fingerprint density at radius 3 is 2.36 bits per heavy atom. The molecule has 7 nitrogen and oxygen atoms in total. The molecule has 0 fully saturated rings. The van der Waals surface area contributed by atoms with Gasteiger partial charge in [-0.15, -0.1) is 0 Å². The van der Waals surface area contributed by atoms with Gasteiger partial charge in [0.1, 0.15) is 11.2 Å². The number of nitrogens with zero attached hydrogens (tertiary/aromatic N) is 1. The van der Waals surface area contributed by atoms with Crippen LogP contribution in [0.2, 0.25) is 0 Å². The highest BCUT2D eigenvalue weighted by molar-refractivity contribution is 6.09. The standard InChI is InChI=1S/C15H16F3N3O4/c1-14(2,3)25-13(23)20-7-5-6-8-10(9(7)11(22)24-4)21-12(19-8)15(16,17)18/h5-6H,1-4H3,(H,19,21)(H,20,23). The SMILES string of the molecule is COC(=O)c1c(NC(=O)OC(C)(C)C)ccc2nc(C(F)(F)F)[nH]c12. The van der Waals surface area contributed by atoms with Crippen LogP contribution in [0.4, 0.5) is 23.7 Å². The maximum absolute atomic E-state index is 12.8.